The summed E-state index contributed by atoms with van der Waals surface area (Å²) in [6.07, 6.45) is -4.67. The van der Waals surface area contributed by atoms with Gasteiger partial charge in [0.25, 0.3) is 0 Å². The van der Waals surface area contributed by atoms with Gasteiger partial charge in [0.05, 0.1) is 58.8 Å². The largest absolute Gasteiger partial charge is 0.507 e. The van der Waals surface area contributed by atoms with E-state index < -0.39 is 137 Å². The molecule has 10 rings (SSSR count). The Labute approximate surface area is 408 Å². The lowest BCUT2D eigenvalue weighted by molar-refractivity contribution is -0.257. The van der Waals surface area contributed by atoms with Gasteiger partial charge < -0.3 is 74.1 Å². The fraction of sp³-hybridized carbons (Fsp3) is 0.500. The predicted octanol–water partition coefficient (Wildman–Crippen LogP) is 2.72. The number of aliphatic hydroxyl groups is 2. The van der Waals surface area contributed by atoms with Crippen LogP contribution >= 0.6 is 11.8 Å². The highest BCUT2D eigenvalue weighted by Crippen LogP contribution is 2.54. The molecule has 9 atom stereocenters. The van der Waals surface area contributed by atoms with Crippen LogP contribution in [-0.4, -0.2) is 154 Å². The van der Waals surface area contributed by atoms with Crippen LogP contribution in [0.5, 0.6) is 40.8 Å². The average molecular weight is 1010 g/mol. The number of ketones is 3. The second kappa shape index (κ2) is 18.6. The molecule has 2 aromatic carbocycles. The minimum absolute atomic E-state index is 0.0267. The van der Waals surface area contributed by atoms with Gasteiger partial charge in [-0.1, -0.05) is 23.9 Å². The third-order valence-corrected chi connectivity index (χ3v) is 16.0. The number of hydrogen-bond donors (Lipinski definition) is 8. The number of aromatic nitrogens is 2. The van der Waals surface area contributed by atoms with Crippen LogP contribution in [0.4, 0.5) is 0 Å². The summed E-state index contributed by atoms with van der Waals surface area (Å²) in [6.45, 7) is 0.987. The monoisotopic (exact) mass is 1010 g/mol. The molecule has 4 fully saturated rings. The summed E-state index contributed by atoms with van der Waals surface area (Å²) in [5.41, 5.74) is -3.98. The normalized spacial score (nSPS) is 30.2. The van der Waals surface area contributed by atoms with Gasteiger partial charge >= 0.3 is 5.97 Å². The number of morpholine rings is 1. The van der Waals surface area contributed by atoms with E-state index >= 15 is 0 Å². The average Bonchev–Trinajstić information content (AvgIpc) is 3.99. The van der Waals surface area contributed by atoms with Gasteiger partial charge in [0.1, 0.15) is 35.6 Å². The molecule has 8 N–H and O–H groups in total. The van der Waals surface area contributed by atoms with Crippen molar-refractivity contribution < 1.29 is 93.3 Å². The van der Waals surface area contributed by atoms with Crippen LogP contribution in [0.1, 0.15) is 94.5 Å². The Bertz CT molecular complexity index is 2780. The number of aromatic hydroxyl groups is 6. The number of hydrogen-bond acceptors (Lipinski definition) is 21. The van der Waals surface area contributed by atoms with Gasteiger partial charge in [0.2, 0.25) is 23.4 Å². The lowest BCUT2D eigenvalue weighted by Gasteiger charge is -2.45. The molecule has 23 heteroatoms. The van der Waals surface area contributed by atoms with E-state index in [1.165, 1.54) is 66.9 Å². The number of carbonyl (C=O) groups is 4. The second-order valence-electron chi connectivity index (χ2n) is 18.8. The summed E-state index contributed by atoms with van der Waals surface area (Å²) >= 11 is 1.22. The number of thioether (sulfide) groups is 1. The molecule has 3 aliphatic heterocycles. The van der Waals surface area contributed by atoms with Gasteiger partial charge in [-0.05, 0) is 44.6 Å². The first kappa shape index (κ1) is 48.7. The number of ether oxygens (including phenoxy) is 6. The molecule has 4 aromatic rings. The Morgan fingerprint density at radius 3 is 2.31 bits per heavy atom. The maximum Gasteiger partial charge on any atom is 0.336 e. The summed E-state index contributed by atoms with van der Waals surface area (Å²) in [5.74, 6) is -6.35. The molecule has 71 heavy (non-hydrogen) atoms. The van der Waals surface area contributed by atoms with Crippen LogP contribution in [0, 0.1) is 11.8 Å². The third-order valence-electron chi connectivity index (χ3n) is 14.7. The molecule has 0 spiro atoms. The zero-order valence-electron chi connectivity index (χ0n) is 38.6. The van der Waals surface area contributed by atoms with Gasteiger partial charge in [-0.3, -0.25) is 23.9 Å². The molecule has 3 saturated heterocycles. The van der Waals surface area contributed by atoms with Crippen LogP contribution < -0.4 is 9.57 Å². The number of phenols is 2. The van der Waals surface area contributed by atoms with Crippen LogP contribution in [0.15, 0.2) is 41.3 Å². The molecule has 0 amide bonds. The van der Waals surface area contributed by atoms with Crippen molar-refractivity contribution in [2.24, 2.45) is 11.8 Å². The topological polar surface area (TPSA) is 308 Å². The Hall–Kier alpha value is -5.89. The highest BCUT2D eigenvalue weighted by atomic mass is 32.2. The number of aliphatic hydroxyl groups excluding tert-OH is 1. The minimum Gasteiger partial charge on any atom is -0.507 e. The van der Waals surface area contributed by atoms with Gasteiger partial charge in [0, 0.05) is 73.8 Å². The number of Topliss-reactive ketones (excluding diaryl/α,β-unsaturated/α-hetero) is 1. The van der Waals surface area contributed by atoms with Crippen molar-refractivity contribution in [2.45, 2.75) is 117 Å². The lowest BCUT2D eigenvalue weighted by Crippen LogP contribution is -2.58. The zero-order valence-corrected chi connectivity index (χ0v) is 39.4. The van der Waals surface area contributed by atoms with E-state index in [-0.39, 0.29) is 65.3 Å². The molecule has 5 heterocycles. The number of nitrogens with zero attached hydrogens (tertiary/aromatic N) is 3. The van der Waals surface area contributed by atoms with Crippen LogP contribution in [0.25, 0.3) is 0 Å². The lowest BCUT2D eigenvalue weighted by atomic mass is 9.72. The summed E-state index contributed by atoms with van der Waals surface area (Å²) in [4.78, 5) is 61.8. The van der Waals surface area contributed by atoms with Gasteiger partial charge in [-0.25, -0.2) is 4.79 Å². The van der Waals surface area contributed by atoms with E-state index in [0.717, 1.165) is 0 Å². The highest BCUT2D eigenvalue weighted by Gasteiger charge is 2.58. The van der Waals surface area contributed by atoms with Crippen molar-refractivity contribution in [2.75, 3.05) is 27.4 Å². The van der Waals surface area contributed by atoms with Crippen LogP contribution in [0.3, 0.4) is 0 Å². The third kappa shape index (κ3) is 8.16. The number of phenolic OH excluding ortho intramolecular Hbond substituents is 2. The van der Waals surface area contributed by atoms with E-state index in [9.17, 15) is 60.0 Å². The number of methoxy groups -OCH3 is 2. The van der Waals surface area contributed by atoms with Crippen molar-refractivity contribution in [3.63, 3.8) is 0 Å². The smallest absolute Gasteiger partial charge is 0.336 e. The van der Waals surface area contributed by atoms with Crippen LogP contribution in [0.2, 0.25) is 0 Å². The molecule has 3 aliphatic carbocycles. The maximum absolute atomic E-state index is 14.2. The molecular formula is C48H53N3O19S. The zero-order chi connectivity index (χ0) is 50.4. The first-order valence-electron chi connectivity index (χ1n) is 23.2. The molecule has 0 radical (unpaired) electrons. The molecule has 22 nitrogen and oxygen atoms in total. The highest BCUT2D eigenvalue weighted by molar-refractivity contribution is 8.00. The van der Waals surface area contributed by atoms with Crippen LogP contribution in [-0.2, 0) is 46.2 Å². The van der Waals surface area contributed by atoms with E-state index in [1.54, 1.807) is 6.92 Å². The number of carbonyl (C=O) groups excluding carboxylic acids is 4. The van der Waals surface area contributed by atoms with E-state index in [0.29, 0.717) is 35.3 Å². The maximum atomic E-state index is 14.2. The van der Waals surface area contributed by atoms with Crippen molar-refractivity contribution in [3.05, 3.63) is 69.8 Å². The molecule has 6 aliphatic rings. The summed E-state index contributed by atoms with van der Waals surface area (Å²) < 4.78 is 38.8. The Kier molecular flexibility index (Phi) is 12.8. The second-order valence-corrected chi connectivity index (χ2v) is 20.0. The SMILES string of the molecule is COc1cccc2c1C(=O)c1c(O)c3c(c(O)c1C2=O)C[C@@](O)(C(=O)CO)C[C@@H]3O[C@H]1C[C@H]2[C@H](O[C@@H]3[C@@H](OC)OCC(Sc4cc(O)n(CC5CCC(C(=O)On6c(O)ccc6O)CC5)c4O)N32)[C@H](C)O1. The predicted molar refractivity (Wildman–Crippen MR) is 241 cm³/mol. The molecular weight excluding hydrogens is 955 g/mol. The van der Waals surface area contributed by atoms with Gasteiger partial charge in [0.15, 0.2) is 36.3 Å². The molecule has 0 bridgehead atoms. The van der Waals surface area contributed by atoms with Crippen molar-refractivity contribution in [3.8, 4) is 40.8 Å². The fourth-order valence-corrected chi connectivity index (χ4v) is 12.4. The van der Waals surface area contributed by atoms with Gasteiger partial charge in [-0.15, -0.1) is 4.73 Å². The number of rotatable bonds is 12. The molecule has 2 aromatic heterocycles. The molecule has 1 unspecified atom stereocenters. The van der Waals surface area contributed by atoms with Crippen molar-refractivity contribution in [1.82, 2.24) is 14.2 Å². The first-order chi connectivity index (χ1) is 34.0. The molecule has 380 valence electrons. The Morgan fingerprint density at radius 1 is 0.901 bits per heavy atom. The number of benzene rings is 2. The van der Waals surface area contributed by atoms with E-state index in [2.05, 4.69) is 0 Å². The first-order valence-corrected chi connectivity index (χ1v) is 24.1. The van der Waals surface area contributed by atoms with Gasteiger partial charge in [-0.2, -0.15) is 0 Å². The molecule has 1 saturated carbocycles. The van der Waals surface area contributed by atoms with E-state index in [4.69, 9.17) is 33.3 Å². The standard InChI is InChI=1S/C48H53N3O19S/c1-20-43-25(13-34(67-20)68-27-16-48(63,29(53)18-52)15-24-36(27)42(60)38-37(40(24)58)39(57)23-5-4-6-26(64-2)35(23)41(38)59)50-33(19-66-47(65-3)45(50)69-43)71-28-14-32(56)49(44(28)61)17-21-7-9-22(10-8-21)46(62)70-51-30(54)11-12-31(51)55/h4-6,11-12,14,20-22,25,27,33-34,43,45,47,52,54-56,58,60-61,63H,7-10,13,15-19H2,1-3H3/t20-,21?,22?,25-,27-,33?,34-,43+,45+,47-,48-/m0/s1. The Morgan fingerprint density at radius 2 is 1.62 bits per heavy atom. The van der Waals surface area contributed by atoms with Crippen molar-refractivity contribution in [1.29, 1.82) is 0 Å². The van der Waals surface area contributed by atoms with Crippen molar-refractivity contribution >= 4 is 35.1 Å². The van der Waals surface area contributed by atoms with E-state index in [1.807, 2.05) is 4.90 Å². The summed E-state index contributed by atoms with van der Waals surface area (Å²) in [7, 11) is 2.78. The minimum atomic E-state index is -2.35. The quantitative estimate of drug-likeness (QED) is 0.0833. The number of fused-ring (bicyclic) bond motifs is 6. The summed E-state index contributed by atoms with van der Waals surface area (Å²) in [6, 6.07) is 7.68. The summed E-state index contributed by atoms with van der Waals surface area (Å²) in [5, 5.41) is 87.7. The fourth-order valence-electron chi connectivity index (χ4n) is 11.2. The Balaban J connectivity index is 0.892.